The SMILES string of the molecule is CCNC(=O)OCC1=C(C(=O)O)N2C(=O)[C@@H](NC(=O)/C(=N\O)c3csc(N)n3)[C@H]2SC1. The number of aromatic nitrogens is 1. The zero-order valence-corrected chi connectivity index (χ0v) is 17.7. The van der Waals surface area contributed by atoms with Gasteiger partial charge in [0.2, 0.25) is 0 Å². The fraction of sp³-hybridized carbons (Fsp3) is 0.375. The van der Waals surface area contributed by atoms with Crippen molar-refractivity contribution < 1.29 is 34.2 Å². The van der Waals surface area contributed by atoms with Crippen LogP contribution in [0.2, 0.25) is 0 Å². The molecular formula is C16H18N6O7S2. The highest BCUT2D eigenvalue weighted by Gasteiger charge is 2.54. The van der Waals surface area contributed by atoms with Crippen LogP contribution in [-0.2, 0) is 19.1 Å². The molecule has 0 saturated carbocycles. The molecule has 15 heteroatoms. The summed E-state index contributed by atoms with van der Waals surface area (Å²) in [6.45, 7) is 1.76. The van der Waals surface area contributed by atoms with Crippen LogP contribution < -0.4 is 16.4 Å². The maximum Gasteiger partial charge on any atom is 0.407 e. The minimum absolute atomic E-state index is 0.0401. The Hall–Kier alpha value is -3.33. The third-order valence-corrected chi connectivity index (χ3v) is 6.33. The van der Waals surface area contributed by atoms with Gasteiger partial charge in [0.1, 0.15) is 29.4 Å². The smallest absolute Gasteiger partial charge is 0.407 e. The summed E-state index contributed by atoms with van der Waals surface area (Å²) in [6.07, 6.45) is -0.703. The number of nitrogens with zero attached hydrogens (tertiary/aromatic N) is 3. The zero-order chi connectivity index (χ0) is 22.7. The minimum Gasteiger partial charge on any atom is -0.477 e. The Morgan fingerprint density at radius 2 is 2.19 bits per heavy atom. The second-order valence-electron chi connectivity index (χ2n) is 6.24. The van der Waals surface area contributed by atoms with Crippen molar-refractivity contribution in [2.75, 3.05) is 24.6 Å². The number of hydrogen-bond acceptors (Lipinski definition) is 11. The molecule has 13 nitrogen and oxygen atoms in total. The first kappa shape index (κ1) is 22.4. The van der Waals surface area contributed by atoms with Gasteiger partial charge in [0, 0.05) is 23.3 Å². The molecule has 1 aromatic rings. The predicted molar refractivity (Wildman–Crippen MR) is 110 cm³/mol. The number of amides is 3. The number of carbonyl (C=O) groups excluding carboxylic acids is 3. The topological polar surface area (TPSA) is 197 Å². The Morgan fingerprint density at radius 3 is 2.77 bits per heavy atom. The fourth-order valence-corrected chi connectivity index (χ4v) is 4.84. The van der Waals surface area contributed by atoms with Gasteiger partial charge in [0.25, 0.3) is 11.8 Å². The second-order valence-corrected chi connectivity index (χ2v) is 8.24. The van der Waals surface area contributed by atoms with Crippen molar-refractivity contribution in [3.05, 3.63) is 22.3 Å². The summed E-state index contributed by atoms with van der Waals surface area (Å²) in [4.78, 5) is 53.3. The molecule has 6 N–H and O–H groups in total. The molecule has 1 saturated heterocycles. The lowest BCUT2D eigenvalue weighted by molar-refractivity contribution is -0.150. The lowest BCUT2D eigenvalue weighted by Gasteiger charge is -2.49. The number of hydrogen-bond donors (Lipinski definition) is 5. The standard InChI is InChI=1S/C16H18N6O7S2/c1-2-18-16(27)29-3-6-4-30-13-9(12(24)22(13)10(6)14(25)26)20-11(23)8(21-28)7-5-31-15(17)19-7/h5,9,13,28H,2-4H2,1H3,(H2,17,19)(H,18,27)(H,20,23)(H,25,26)/b21-8-/t9-,13-/m1/s1. The van der Waals surface area contributed by atoms with Gasteiger partial charge >= 0.3 is 12.1 Å². The average Bonchev–Trinajstić information content (AvgIpc) is 3.16. The summed E-state index contributed by atoms with van der Waals surface area (Å²) in [7, 11) is 0. The second kappa shape index (κ2) is 9.22. The summed E-state index contributed by atoms with van der Waals surface area (Å²) in [5.41, 5.74) is 5.10. The number of thiazole rings is 1. The Kier molecular flexibility index (Phi) is 6.65. The van der Waals surface area contributed by atoms with E-state index in [4.69, 9.17) is 10.5 Å². The molecule has 2 aliphatic rings. The van der Waals surface area contributed by atoms with E-state index in [2.05, 4.69) is 20.8 Å². The number of β-lactam (4-membered cyclic amide) rings is 1. The highest BCUT2D eigenvalue weighted by molar-refractivity contribution is 8.00. The van der Waals surface area contributed by atoms with Crippen LogP contribution in [0.4, 0.5) is 9.93 Å². The summed E-state index contributed by atoms with van der Waals surface area (Å²) < 4.78 is 4.98. The van der Waals surface area contributed by atoms with Crippen LogP contribution >= 0.6 is 23.1 Å². The van der Waals surface area contributed by atoms with Crippen LogP contribution in [0.3, 0.4) is 0 Å². The van der Waals surface area contributed by atoms with Gasteiger partial charge in [0.05, 0.1) is 0 Å². The van der Waals surface area contributed by atoms with Gasteiger partial charge in [-0.1, -0.05) is 5.16 Å². The maximum atomic E-state index is 12.6. The number of fused-ring (bicyclic) bond motifs is 1. The van der Waals surface area contributed by atoms with E-state index in [1.807, 2.05) is 0 Å². The van der Waals surface area contributed by atoms with Crippen LogP contribution in [0.15, 0.2) is 21.8 Å². The number of alkyl carbamates (subject to hydrolysis) is 1. The average molecular weight is 470 g/mol. The van der Waals surface area contributed by atoms with Gasteiger partial charge in [-0.05, 0) is 6.92 Å². The number of nitrogens with two attached hydrogens (primary N) is 1. The number of carbonyl (C=O) groups is 4. The molecule has 3 amide bonds. The predicted octanol–water partition coefficient (Wildman–Crippen LogP) is -0.612. The first-order valence-electron chi connectivity index (χ1n) is 8.83. The number of ether oxygens (including phenoxy) is 1. The lowest BCUT2D eigenvalue weighted by atomic mass is 10.0. The van der Waals surface area contributed by atoms with Gasteiger partial charge in [-0.2, -0.15) is 0 Å². The number of nitrogen functional groups attached to an aromatic ring is 1. The lowest BCUT2D eigenvalue weighted by Crippen LogP contribution is -2.71. The van der Waals surface area contributed by atoms with Crippen molar-refractivity contribution in [2.24, 2.45) is 5.16 Å². The van der Waals surface area contributed by atoms with Gasteiger partial charge < -0.3 is 31.4 Å². The van der Waals surface area contributed by atoms with E-state index in [0.717, 1.165) is 16.2 Å². The van der Waals surface area contributed by atoms with Crippen molar-refractivity contribution in [2.45, 2.75) is 18.3 Å². The van der Waals surface area contributed by atoms with E-state index in [0.29, 0.717) is 6.54 Å². The molecule has 166 valence electrons. The number of carboxylic acid groups (broad SMARTS) is 1. The van der Waals surface area contributed by atoms with E-state index in [9.17, 15) is 29.5 Å². The van der Waals surface area contributed by atoms with Gasteiger partial charge in [0.15, 0.2) is 10.8 Å². The number of anilines is 1. The zero-order valence-electron chi connectivity index (χ0n) is 16.0. The fourth-order valence-electron chi connectivity index (χ4n) is 2.96. The van der Waals surface area contributed by atoms with E-state index in [1.165, 1.54) is 17.1 Å². The number of rotatable bonds is 7. The number of oxime groups is 1. The first-order chi connectivity index (χ1) is 14.8. The molecule has 0 spiro atoms. The van der Waals surface area contributed by atoms with E-state index in [1.54, 1.807) is 6.92 Å². The maximum absolute atomic E-state index is 12.6. The molecule has 1 aromatic heterocycles. The molecule has 0 unspecified atom stereocenters. The number of aliphatic carboxylic acids is 1. The number of thioether (sulfide) groups is 1. The molecule has 31 heavy (non-hydrogen) atoms. The monoisotopic (exact) mass is 470 g/mol. The summed E-state index contributed by atoms with van der Waals surface area (Å²) in [5, 5.41) is 27.4. The molecule has 2 aliphatic heterocycles. The number of carboxylic acids is 1. The third kappa shape index (κ3) is 4.41. The highest BCUT2D eigenvalue weighted by Crippen LogP contribution is 2.40. The van der Waals surface area contributed by atoms with Gasteiger partial charge in [-0.25, -0.2) is 14.6 Å². The van der Waals surface area contributed by atoms with Crippen LogP contribution in [0, 0.1) is 0 Å². The summed E-state index contributed by atoms with van der Waals surface area (Å²) >= 11 is 2.24. The Morgan fingerprint density at radius 1 is 1.45 bits per heavy atom. The van der Waals surface area contributed by atoms with Crippen LogP contribution in [-0.4, -0.2) is 80.1 Å². The minimum atomic E-state index is -1.35. The van der Waals surface area contributed by atoms with Gasteiger partial charge in [-0.3, -0.25) is 14.5 Å². The van der Waals surface area contributed by atoms with Crippen molar-refractivity contribution >= 4 is 57.8 Å². The quantitative estimate of drug-likeness (QED) is 0.148. The van der Waals surface area contributed by atoms with Crippen LogP contribution in [0.5, 0.6) is 0 Å². The van der Waals surface area contributed by atoms with Crippen molar-refractivity contribution in [3.63, 3.8) is 0 Å². The molecule has 1 fully saturated rings. The highest BCUT2D eigenvalue weighted by atomic mass is 32.2. The summed E-state index contributed by atoms with van der Waals surface area (Å²) in [6, 6.07) is -1.04. The first-order valence-corrected chi connectivity index (χ1v) is 10.8. The molecular weight excluding hydrogens is 452 g/mol. The normalized spacial score (nSPS) is 20.6. The van der Waals surface area contributed by atoms with E-state index < -0.39 is 41.0 Å². The molecule has 2 atom stereocenters. The van der Waals surface area contributed by atoms with Crippen molar-refractivity contribution in [3.8, 4) is 0 Å². The molecule has 0 aliphatic carbocycles. The Labute approximate surface area is 183 Å². The third-order valence-electron chi connectivity index (χ3n) is 4.31. The largest absolute Gasteiger partial charge is 0.477 e. The van der Waals surface area contributed by atoms with Crippen molar-refractivity contribution in [1.29, 1.82) is 0 Å². The van der Waals surface area contributed by atoms with Crippen LogP contribution in [0.25, 0.3) is 0 Å². The molecule has 0 radical (unpaired) electrons. The molecule has 0 aromatic carbocycles. The van der Waals surface area contributed by atoms with Gasteiger partial charge in [-0.15, -0.1) is 23.1 Å². The van der Waals surface area contributed by atoms with E-state index >= 15 is 0 Å². The summed E-state index contributed by atoms with van der Waals surface area (Å²) in [5.74, 6) is -2.70. The van der Waals surface area contributed by atoms with E-state index in [-0.39, 0.29) is 34.5 Å². The molecule has 0 bridgehead atoms. The van der Waals surface area contributed by atoms with Crippen molar-refractivity contribution in [1.82, 2.24) is 20.5 Å². The Bertz CT molecular complexity index is 991. The molecule has 3 rings (SSSR count). The Balaban J connectivity index is 1.72. The van der Waals surface area contributed by atoms with Crippen LogP contribution in [0.1, 0.15) is 12.6 Å². The number of nitrogens with one attached hydrogen (secondary N) is 2. The molecule has 3 heterocycles.